The van der Waals surface area contributed by atoms with Crippen molar-refractivity contribution in [1.82, 2.24) is 10.1 Å². The van der Waals surface area contributed by atoms with Crippen molar-refractivity contribution in [3.63, 3.8) is 0 Å². The van der Waals surface area contributed by atoms with E-state index in [1.165, 1.54) is 0 Å². The third-order valence-electron chi connectivity index (χ3n) is 1.60. The fraction of sp³-hybridized carbons (Fsp3) is 0.750. The average molecular weight is 201 g/mol. The second-order valence-corrected chi connectivity index (χ2v) is 2.96. The smallest absolute Gasteiger partial charge is 0.228 e. The molecule has 0 aliphatic rings. The van der Waals surface area contributed by atoms with Crippen molar-refractivity contribution in [1.29, 1.82) is 0 Å². The topological polar surface area (TPSA) is 83.4 Å². The highest BCUT2D eigenvalue weighted by Gasteiger charge is 2.10. The highest BCUT2D eigenvalue weighted by molar-refractivity contribution is 4.87. The highest BCUT2D eigenvalue weighted by Crippen LogP contribution is 2.01. The number of nitrogens with zero attached hydrogens (tertiary/aromatic N) is 2. The van der Waals surface area contributed by atoms with Gasteiger partial charge in [0.25, 0.3) is 0 Å². The van der Waals surface area contributed by atoms with Gasteiger partial charge in [-0.3, -0.25) is 0 Å². The molecular formula is C8H15N3O3. The summed E-state index contributed by atoms with van der Waals surface area (Å²) >= 11 is 0. The summed E-state index contributed by atoms with van der Waals surface area (Å²) in [4.78, 5) is 4.08. The highest BCUT2D eigenvalue weighted by atomic mass is 16.5. The van der Waals surface area contributed by atoms with Crippen LogP contribution in [-0.4, -0.2) is 37.0 Å². The Morgan fingerprint density at radius 2 is 2.21 bits per heavy atom. The van der Waals surface area contributed by atoms with Crippen molar-refractivity contribution in [3.05, 3.63) is 11.7 Å². The second kappa shape index (κ2) is 5.69. The maximum absolute atomic E-state index is 5.72. The van der Waals surface area contributed by atoms with E-state index in [9.17, 15) is 0 Å². The largest absolute Gasteiger partial charge is 0.383 e. The first-order chi connectivity index (χ1) is 6.76. The Hall–Kier alpha value is -0.980. The van der Waals surface area contributed by atoms with Gasteiger partial charge in [0, 0.05) is 26.7 Å². The first-order valence-corrected chi connectivity index (χ1v) is 4.31. The zero-order valence-corrected chi connectivity index (χ0v) is 8.40. The van der Waals surface area contributed by atoms with E-state index < -0.39 is 0 Å². The molecule has 0 fully saturated rings. The molecule has 1 rings (SSSR count). The molecule has 0 saturated heterocycles. The minimum Gasteiger partial charge on any atom is -0.383 e. The number of hydrogen-bond acceptors (Lipinski definition) is 6. The average Bonchev–Trinajstić information content (AvgIpc) is 2.53. The lowest BCUT2D eigenvalue weighted by Gasteiger charge is -2.05. The Morgan fingerprint density at radius 3 is 2.86 bits per heavy atom. The maximum atomic E-state index is 5.72. The van der Waals surface area contributed by atoms with Crippen LogP contribution in [0.2, 0.25) is 0 Å². The quantitative estimate of drug-likeness (QED) is 0.682. The van der Waals surface area contributed by atoms with Gasteiger partial charge in [0.1, 0.15) is 6.61 Å². The lowest BCUT2D eigenvalue weighted by molar-refractivity contribution is 0.173. The van der Waals surface area contributed by atoms with E-state index in [4.69, 9.17) is 19.7 Å². The van der Waals surface area contributed by atoms with Gasteiger partial charge < -0.3 is 19.7 Å². The van der Waals surface area contributed by atoms with Gasteiger partial charge in [-0.15, -0.1) is 0 Å². The van der Waals surface area contributed by atoms with E-state index in [2.05, 4.69) is 10.1 Å². The third-order valence-corrected chi connectivity index (χ3v) is 1.60. The Morgan fingerprint density at radius 1 is 1.43 bits per heavy atom. The lowest BCUT2D eigenvalue weighted by atomic mass is 10.2. The maximum Gasteiger partial charge on any atom is 0.228 e. The van der Waals surface area contributed by atoms with Crippen LogP contribution in [0.25, 0.3) is 0 Å². The van der Waals surface area contributed by atoms with Crippen LogP contribution in [0.3, 0.4) is 0 Å². The molecular weight excluding hydrogens is 186 g/mol. The summed E-state index contributed by atoms with van der Waals surface area (Å²) in [5, 5.41) is 3.71. The molecule has 1 aromatic rings. The monoisotopic (exact) mass is 201 g/mol. The minimum absolute atomic E-state index is 0.115. The summed E-state index contributed by atoms with van der Waals surface area (Å²) < 4.78 is 14.7. The zero-order valence-electron chi connectivity index (χ0n) is 8.40. The van der Waals surface area contributed by atoms with E-state index in [1.807, 2.05) is 0 Å². The summed E-state index contributed by atoms with van der Waals surface area (Å²) in [7, 11) is 3.18. The predicted octanol–water partition coefficient (Wildman–Crippen LogP) is -0.268. The van der Waals surface area contributed by atoms with Crippen LogP contribution < -0.4 is 5.73 Å². The Labute approximate surface area is 82.4 Å². The first kappa shape index (κ1) is 11.1. The van der Waals surface area contributed by atoms with Crippen LogP contribution in [0.15, 0.2) is 4.52 Å². The zero-order chi connectivity index (χ0) is 10.4. The molecule has 80 valence electrons. The number of ether oxygens (including phenoxy) is 2. The standard InChI is InChI=1S/C8H15N3O3/c1-12-4-6(9)3-8-10-7(5-13-2)11-14-8/h6H,3-5,9H2,1-2H3. The molecule has 0 aliphatic heterocycles. The molecule has 2 N–H and O–H groups in total. The van der Waals surface area contributed by atoms with Gasteiger partial charge in [0.2, 0.25) is 5.89 Å². The van der Waals surface area contributed by atoms with E-state index in [1.54, 1.807) is 14.2 Å². The van der Waals surface area contributed by atoms with Crippen LogP contribution >= 0.6 is 0 Å². The number of hydrogen-bond donors (Lipinski definition) is 1. The molecule has 6 nitrogen and oxygen atoms in total. The van der Waals surface area contributed by atoms with Crippen LogP contribution in [0.5, 0.6) is 0 Å². The molecule has 6 heteroatoms. The molecule has 0 bridgehead atoms. The van der Waals surface area contributed by atoms with E-state index in [-0.39, 0.29) is 6.04 Å². The molecule has 0 radical (unpaired) electrons. The molecule has 1 heterocycles. The van der Waals surface area contributed by atoms with Crippen molar-refractivity contribution >= 4 is 0 Å². The predicted molar refractivity (Wildman–Crippen MR) is 48.6 cm³/mol. The second-order valence-electron chi connectivity index (χ2n) is 2.96. The van der Waals surface area contributed by atoms with Crippen molar-refractivity contribution < 1.29 is 14.0 Å². The van der Waals surface area contributed by atoms with Crippen molar-refractivity contribution in [3.8, 4) is 0 Å². The number of aromatic nitrogens is 2. The van der Waals surface area contributed by atoms with Gasteiger partial charge in [-0.2, -0.15) is 4.98 Å². The Bertz CT molecular complexity index is 264. The Kier molecular flexibility index (Phi) is 4.51. The summed E-state index contributed by atoms with van der Waals surface area (Å²) in [6.45, 7) is 0.824. The van der Waals surface area contributed by atoms with E-state index in [0.29, 0.717) is 31.3 Å². The molecule has 1 aromatic heterocycles. The van der Waals surface area contributed by atoms with E-state index >= 15 is 0 Å². The molecule has 0 saturated carbocycles. The molecule has 14 heavy (non-hydrogen) atoms. The van der Waals surface area contributed by atoms with E-state index in [0.717, 1.165) is 0 Å². The van der Waals surface area contributed by atoms with Crippen LogP contribution in [-0.2, 0) is 22.5 Å². The molecule has 1 atom stereocenters. The summed E-state index contributed by atoms with van der Waals surface area (Å²) in [5.74, 6) is 1.05. The van der Waals surface area contributed by atoms with Crippen molar-refractivity contribution in [2.24, 2.45) is 5.73 Å². The van der Waals surface area contributed by atoms with Crippen LogP contribution in [0.4, 0.5) is 0 Å². The molecule has 0 aromatic carbocycles. The Balaban J connectivity index is 2.42. The fourth-order valence-electron chi connectivity index (χ4n) is 1.06. The third kappa shape index (κ3) is 3.41. The van der Waals surface area contributed by atoms with Gasteiger partial charge in [0.05, 0.1) is 6.61 Å². The minimum atomic E-state index is -0.115. The van der Waals surface area contributed by atoms with Crippen LogP contribution in [0, 0.1) is 0 Å². The molecule has 0 spiro atoms. The van der Waals surface area contributed by atoms with Crippen molar-refractivity contribution in [2.75, 3.05) is 20.8 Å². The summed E-state index contributed by atoms with van der Waals surface area (Å²) in [6, 6.07) is -0.115. The fourth-order valence-corrected chi connectivity index (χ4v) is 1.06. The number of rotatable bonds is 6. The van der Waals surface area contributed by atoms with Gasteiger partial charge in [-0.05, 0) is 0 Å². The van der Waals surface area contributed by atoms with Crippen LogP contribution in [0.1, 0.15) is 11.7 Å². The van der Waals surface area contributed by atoms with Gasteiger partial charge in [-0.1, -0.05) is 5.16 Å². The van der Waals surface area contributed by atoms with Gasteiger partial charge in [-0.25, -0.2) is 0 Å². The number of methoxy groups -OCH3 is 2. The summed E-state index contributed by atoms with van der Waals surface area (Å²) in [5.41, 5.74) is 5.72. The lowest BCUT2D eigenvalue weighted by Crippen LogP contribution is -2.28. The summed E-state index contributed by atoms with van der Waals surface area (Å²) in [6.07, 6.45) is 0.518. The van der Waals surface area contributed by atoms with Gasteiger partial charge >= 0.3 is 0 Å². The SMILES string of the molecule is COCc1noc(CC(N)COC)n1. The molecule has 0 amide bonds. The van der Waals surface area contributed by atoms with Crippen molar-refractivity contribution in [2.45, 2.75) is 19.1 Å². The van der Waals surface area contributed by atoms with Gasteiger partial charge in [0.15, 0.2) is 5.82 Å². The number of nitrogens with two attached hydrogens (primary N) is 1. The normalized spacial score (nSPS) is 13.1. The molecule has 1 unspecified atom stereocenters. The molecule has 0 aliphatic carbocycles. The first-order valence-electron chi connectivity index (χ1n) is 4.31.